The Hall–Kier alpha value is -3.46. The summed E-state index contributed by atoms with van der Waals surface area (Å²) >= 11 is 5.89. The van der Waals surface area contributed by atoms with Crippen LogP contribution in [0.2, 0.25) is 5.02 Å². The lowest BCUT2D eigenvalue weighted by Crippen LogP contribution is -2.00. The molecule has 0 aliphatic carbocycles. The van der Waals surface area contributed by atoms with Gasteiger partial charge in [0.1, 0.15) is 35.4 Å². The topological polar surface area (TPSA) is 92.6 Å². The van der Waals surface area contributed by atoms with Crippen molar-refractivity contribution in [2.45, 2.75) is 0 Å². The van der Waals surface area contributed by atoms with Crippen LogP contribution in [0.5, 0.6) is 11.5 Å². The molecule has 0 aliphatic heterocycles. The van der Waals surface area contributed by atoms with Crippen molar-refractivity contribution in [1.29, 1.82) is 15.8 Å². The Morgan fingerprint density at radius 2 is 1.61 bits per heavy atom. The molecule has 1 N–H and O–H groups in total. The van der Waals surface area contributed by atoms with Gasteiger partial charge >= 0.3 is 0 Å². The highest BCUT2D eigenvalue weighted by molar-refractivity contribution is 6.30. The molecule has 0 bridgehead atoms. The van der Waals surface area contributed by atoms with E-state index in [1.54, 1.807) is 66.7 Å². The van der Waals surface area contributed by atoms with Crippen LogP contribution >= 0.6 is 11.6 Å². The summed E-state index contributed by atoms with van der Waals surface area (Å²) in [7, 11) is 0. The van der Waals surface area contributed by atoms with E-state index >= 15 is 0 Å². The summed E-state index contributed by atoms with van der Waals surface area (Å²) in [5.41, 5.74) is 0.188. The molecule has 0 spiro atoms. The Bertz CT molecular complexity index is 851. The maximum Gasteiger partial charge on any atom is 0.163 e. The van der Waals surface area contributed by atoms with Crippen LogP contribution in [-0.2, 0) is 0 Å². The van der Waals surface area contributed by atoms with Gasteiger partial charge < -0.3 is 10.1 Å². The first-order chi connectivity index (χ1) is 11.2. The molecule has 0 atom stereocenters. The predicted octanol–water partition coefficient (Wildman–Crippen LogP) is 4.37. The summed E-state index contributed by atoms with van der Waals surface area (Å²) < 4.78 is 5.64. The first kappa shape index (κ1) is 15.9. The Kier molecular flexibility index (Phi) is 5.21. The van der Waals surface area contributed by atoms with Crippen molar-refractivity contribution in [3.05, 3.63) is 64.8 Å². The molecule has 6 heteroatoms. The molecule has 5 nitrogen and oxygen atoms in total. The number of benzene rings is 2. The lowest BCUT2D eigenvalue weighted by Gasteiger charge is -2.08. The van der Waals surface area contributed by atoms with Gasteiger partial charge in [0.2, 0.25) is 0 Å². The molecule has 2 rings (SSSR count). The molecule has 0 aromatic heterocycles. The summed E-state index contributed by atoms with van der Waals surface area (Å²) in [5, 5.41) is 29.9. The van der Waals surface area contributed by atoms with Crippen molar-refractivity contribution in [2.24, 2.45) is 0 Å². The van der Waals surface area contributed by atoms with E-state index in [0.717, 1.165) is 0 Å². The van der Waals surface area contributed by atoms with Crippen molar-refractivity contribution < 1.29 is 4.74 Å². The molecule has 0 heterocycles. The van der Waals surface area contributed by atoms with E-state index in [0.29, 0.717) is 22.2 Å². The van der Waals surface area contributed by atoms with Crippen LogP contribution < -0.4 is 10.1 Å². The average Bonchev–Trinajstić information content (AvgIpc) is 2.56. The molecule has 0 radical (unpaired) electrons. The standard InChI is InChI=1S/C17H9ClN4O/c18-13-2-1-3-16(8-13)23-15-6-4-14(5-7-15)22-17(11-21)12(9-19)10-20/h1-8,22H. The molecule has 23 heavy (non-hydrogen) atoms. The van der Waals surface area contributed by atoms with Crippen LogP contribution in [0, 0.1) is 34.0 Å². The summed E-state index contributed by atoms with van der Waals surface area (Å²) in [6.07, 6.45) is 0. The van der Waals surface area contributed by atoms with Crippen LogP contribution in [0.4, 0.5) is 5.69 Å². The van der Waals surface area contributed by atoms with Crippen LogP contribution in [0.1, 0.15) is 0 Å². The largest absolute Gasteiger partial charge is 0.457 e. The minimum atomic E-state index is -0.272. The monoisotopic (exact) mass is 320 g/mol. The Balaban J connectivity index is 2.15. The molecule has 0 fully saturated rings. The number of nitriles is 3. The zero-order valence-corrected chi connectivity index (χ0v) is 12.5. The van der Waals surface area contributed by atoms with Crippen molar-refractivity contribution >= 4 is 17.3 Å². The van der Waals surface area contributed by atoms with Crippen molar-refractivity contribution in [1.82, 2.24) is 0 Å². The molecule has 0 unspecified atom stereocenters. The maximum absolute atomic E-state index is 8.99. The van der Waals surface area contributed by atoms with Gasteiger partial charge in [-0.3, -0.25) is 0 Å². The third kappa shape index (κ3) is 4.25. The van der Waals surface area contributed by atoms with Crippen LogP contribution in [0.25, 0.3) is 0 Å². The first-order valence-corrected chi connectivity index (χ1v) is 6.79. The minimum absolute atomic E-state index is 0.0986. The van der Waals surface area contributed by atoms with Crippen molar-refractivity contribution in [3.8, 4) is 29.7 Å². The molecule has 2 aromatic rings. The molecule has 0 amide bonds. The highest BCUT2D eigenvalue weighted by Gasteiger charge is 2.06. The second-order valence-corrected chi connectivity index (χ2v) is 4.73. The predicted molar refractivity (Wildman–Crippen MR) is 85.5 cm³/mol. The molecule has 0 aliphatic rings. The third-order valence-corrected chi connectivity index (χ3v) is 2.98. The number of allylic oxidation sites excluding steroid dienone is 2. The van der Waals surface area contributed by atoms with Gasteiger partial charge in [0.05, 0.1) is 0 Å². The van der Waals surface area contributed by atoms with Crippen LogP contribution in [-0.4, -0.2) is 0 Å². The van der Waals surface area contributed by atoms with E-state index in [1.807, 2.05) is 0 Å². The van der Waals surface area contributed by atoms with E-state index in [-0.39, 0.29) is 11.3 Å². The number of anilines is 1. The van der Waals surface area contributed by atoms with Gasteiger partial charge in [-0.2, -0.15) is 15.8 Å². The number of halogens is 1. The molecule has 110 valence electrons. The van der Waals surface area contributed by atoms with Crippen LogP contribution in [0.15, 0.2) is 59.8 Å². The summed E-state index contributed by atoms with van der Waals surface area (Å²) in [4.78, 5) is 0. The quantitative estimate of drug-likeness (QED) is 0.844. The van der Waals surface area contributed by atoms with Crippen molar-refractivity contribution in [3.63, 3.8) is 0 Å². The molecule has 0 saturated heterocycles. The minimum Gasteiger partial charge on any atom is -0.457 e. The number of rotatable bonds is 4. The summed E-state index contributed by atoms with van der Waals surface area (Å²) in [6.45, 7) is 0. The number of ether oxygens (including phenoxy) is 1. The normalized spacial score (nSPS) is 8.96. The Morgan fingerprint density at radius 1 is 0.913 bits per heavy atom. The zero-order chi connectivity index (χ0) is 16.7. The van der Waals surface area contributed by atoms with Gasteiger partial charge in [-0.15, -0.1) is 0 Å². The Morgan fingerprint density at radius 3 is 2.17 bits per heavy atom. The van der Waals surface area contributed by atoms with Gasteiger partial charge in [-0.25, -0.2) is 0 Å². The molecule has 2 aromatic carbocycles. The van der Waals surface area contributed by atoms with Crippen LogP contribution in [0.3, 0.4) is 0 Å². The second-order valence-electron chi connectivity index (χ2n) is 4.29. The van der Waals surface area contributed by atoms with Gasteiger partial charge in [-0.1, -0.05) is 17.7 Å². The fraction of sp³-hybridized carbons (Fsp3) is 0. The lowest BCUT2D eigenvalue weighted by molar-refractivity contribution is 0.483. The van der Waals surface area contributed by atoms with Crippen molar-refractivity contribution in [2.75, 3.05) is 5.32 Å². The SMILES string of the molecule is N#CC(C#N)=C(C#N)Nc1ccc(Oc2cccc(Cl)c2)cc1. The summed E-state index contributed by atoms with van der Waals surface area (Å²) in [5.74, 6) is 1.19. The smallest absolute Gasteiger partial charge is 0.163 e. The molecular weight excluding hydrogens is 312 g/mol. The number of nitrogens with one attached hydrogen (secondary N) is 1. The first-order valence-electron chi connectivity index (χ1n) is 6.41. The van der Waals surface area contributed by atoms with E-state index in [2.05, 4.69) is 5.32 Å². The van der Waals surface area contributed by atoms with E-state index in [1.165, 1.54) is 0 Å². The van der Waals surface area contributed by atoms with E-state index in [9.17, 15) is 0 Å². The van der Waals surface area contributed by atoms with E-state index < -0.39 is 0 Å². The van der Waals surface area contributed by atoms with Gasteiger partial charge in [-0.05, 0) is 42.5 Å². The van der Waals surface area contributed by atoms with Gasteiger partial charge in [0.15, 0.2) is 5.57 Å². The second kappa shape index (κ2) is 7.52. The zero-order valence-electron chi connectivity index (χ0n) is 11.7. The lowest BCUT2D eigenvalue weighted by atomic mass is 10.2. The molecular formula is C17H9ClN4O. The number of hydrogen-bond acceptors (Lipinski definition) is 5. The average molecular weight is 321 g/mol. The highest BCUT2D eigenvalue weighted by Crippen LogP contribution is 2.25. The Labute approximate surface area is 138 Å². The fourth-order valence-corrected chi connectivity index (χ4v) is 1.88. The number of hydrogen-bond donors (Lipinski definition) is 1. The molecule has 0 saturated carbocycles. The maximum atomic E-state index is 8.99. The van der Waals surface area contributed by atoms with Gasteiger partial charge in [0, 0.05) is 10.7 Å². The van der Waals surface area contributed by atoms with E-state index in [4.69, 9.17) is 32.1 Å². The van der Waals surface area contributed by atoms with Gasteiger partial charge in [0.25, 0.3) is 0 Å². The summed E-state index contributed by atoms with van der Waals surface area (Å²) in [6, 6.07) is 18.8. The third-order valence-electron chi connectivity index (χ3n) is 2.74. The highest BCUT2D eigenvalue weighted by atomic mass is 35.5. The number of nitrogens with zero attached hydrogens (tertiary/aromatic N) is 3. The fourth-order valence-electron chi connectivity index (χ4n) is 1.70.